The third-order valence-electron chi connectivity index (χ3n) is 2.48. The quantitative estimate of drug-likeness (QED) is 0.833. The van der Waals surface area contributed by atoms with Crippen LogP contribution in [0.1, 0.15) is 21.5 Å². The first kappa shape index (κ1) is 12.7. The number of carboxylic acid groups (broad SMARTS) is 1. The van der Waals surface area contributed by atoms with Gasteiger partial charge in [0.25, 0.3) is 0 Å². The molecule has 1 aromatic carbocycles. The minimum Gasteiger partial charge on any atom is -0.497 e. The summed E-state index contributed by atoms with van der Waals surface area (Å²) < 4.78 is 5.05. The van der Waals surface area contributed by atoms with Crippen molar-refractivity contribution in [3.63, 3.8) is 0 Å². The Kier molecular flexibility index (Phi) is 3.79. The van der Waals surface area contributed by atoms with Gasteiger partial charge < -0.3 is 9.84 Å². The molecule has 94 valence electrons. The molecule has 2 aromatic rings. The third-order valence-corrected chi connectivity index (χ3v) is 2.48. The fourth-order valence-electron chi connectivity index (χ4n) is 1.49. The van der Waals surface area contributed by atoms with Gasteiger partial charge in [-0.2, -0.15) is 0 Å². The van der Waals surface area contributed by atoms with E-state index in [0.717, 1.165) is 11.3 Å². The molecule has 1 heterocycles. The molecule has 0 fully saturated rings. The van der Waals surface area contributed by atoms with Gasteiger partial charge in [0, 0.05) is 18.0 Å². The van der Waals surface area contributed by atoms with Crippen LogP contribution in [0.5, 0.6) is 5.75 Å². The van der Waals surface area contributed by atoms with E-state index in [1.165, 1.54) is 18.5 Å². The number of aromatic carboxylic acids is 1. The monoisotopic (exact) mass is 253 g/mol. The molecule has 4 heteroatoms. The SMILES string of the molecule is COc1ccc(C#Cc2cnccc2C(=O)O)cc1. The van der Waals surface area contributed by atoms with Crippen molar-refractivity contribution >= 4 is 5.97 Å². The highest BCUT2D eigenvalue weighted by molar-refractivity contribution is 5.90. The van der Waals surface area contributed by atoms with E-state index in [0.29, 0.717) is 5.56 Å². The molecule has 0 unspecified atom stereocenters. The summed E-state index contributed by atoms with van der Waals surface area (Å²) >= 11 is 0. The number of benzene rings is 1. The number of nitrogens with zero attached hydrogens (tertiary/aromatic N) is 1. The highest BCUT2D eigenvalue weighted by atomic mass is 16.5. The van der Waals surface area contributed by atoms with E-state index < -0.39 is 5.97 Å². The van der Waals surface area contributed by atoms with Crippen molar-refractivity contribution in [1.82, 2.24) is 4.98 Å². The van der Waals surface area contributed by atoms with Gasteiger partial charge in [0.2, 0.25) is 0 Å². The lowest BCUT2D eigenvalue weighted by Gasteiger charge is -1.98. The van der Waals surface area contributed by atoms with Crippen molar-refractivity contribution in [3.05, 3.63) is 59.4 Å². The predicted octanol–water partition coefficient (Wildman–Crippen LogP) is 2.19. The summed E-state index contributed by atoms with van der Waals surface area (Å²) in [7, 11) is 1.59. The Labute approximate surface area is 110 Å². The van der Waals surface area contributed by atoms with E-state index >= 15 is 0 Å². The van der Waals surface area contributed by atoms with Crippen LogP contribution in [0.4, 0.5) is 0 Å². The molecule has 0 amide bonds. The molecule has 4 nitrogen and oxygen atoms in total. The zero-order valence-corrected chi connectivity index (χ0v) is 10.3. The minimum atomic E-state index is -1.01. The van der Waals surface area contributed by atoms with Crippen LogP contribution in [0, 0.1) is 11.8 Å². The van der Waals surface area contributed by atoms with E-state index in [9.17, 15) is 4.79 Å². The maximum Gasteiger partial charge on any atom is 0.337 e. The number of aromatic nitrogens is 1. The van der Waals surface area contributed by atoms with Crippen molar-refractivity contribution in [2.45, 2.75) is 0 Å². The molecular formula is C15H11NO3. The first-order chi connectivity index (χ1) is 9.20. The Balaban J connectivity index is 2.31. The number of hydrogen-bond donors (Lipinski definition) is 1. The van der Waals surface area contributed by atoms with Crippen LogP contribution in [0.3, 0.4) is 0 Å². The predicted molar refractivity (Wildman–Crippen MR) is 70.2 cm³/mol. The van der Waals surface area contributed by atoms with Gasteiger partial charge in [0.1, 0.15) is 5.75 Å². The van der Waals surface area contributed by atoms with Crippen LogP contribution >= 0.6 is 0 Å². The van der Waals surface area contributed by atoms with Crippen LogP contribution in [0.2, 0.25) is 0 Å². The number of ether oxygens (including phenoxy) is 1. The smallest absolute Gasteiger partial charge is 0.337 e. The summed E-state index contributed by atoms with van der Waals surface area (Å²) in [6.07, 6.45) is 2.88. The highest BCUT2D eigenvalue weighted by Crippen LogP contribution is 2.11. The van der Waals surface area contributed by atoms with E-state index in [4.69, 9.17) is 9.84 Å². The topological polar surface area (TPSA) is 59.4 Å². The molecule has 0 saturated carbocycles. The van der Waals surface area contributed by atoms with Crippen LogP contribution in [-0.2, 0) is 0 Å². The van der Waals surface area contributed by atoms with Crippen molar-refractivity contribution < 1.29 is 14.6 Å². The summed E-state index contributed by atoms with van der Waals surface area (Å²) in [5.41, 5.74) is 1.32. The zero-order valence-electron chi connectivity index (χ0n) is 10.3. The van der Waals surface area contributed by atoms with Gasteiger partial charge in [0.15, 0.2) is 0 Å². The fourth-order valence-corrected chi connectivity index (χ4v) is 1.49. The van der Waals surface area contributed by atoms with Gasteiger partial charge in [0.05, 0.1) is 18.2 Å². The number of hydrogen-bond acceptors (Lipinski definition) is 3. The van der Waals surface area contributed by atoms with Crippen LogP contribution in [0.15, 0.2) is 42.7 Å². The molecule has 0 aliphatic heterocycles. The van der Waals surface area contributed by atoms with Gasteiger partial charge in [-0.15, -0.1) is 0 Å². The Morgan fingerprint density at radius 3 is 2.58 bits per heavy atom. The van der Waals surface area contributed by atoms with Gasteiger partial charge >= 0.3 is 5.97 Å². The second kappa shape index (κ2) is 5.69. The summed E-state index contributed by atoms with van der Waals surface area (Å²) in [6.45, 7) is 0. The summed E-state index contributed by atoms with van der Waals surface area (Å²) in [6, 6.07) is 8.64. The lowest BCUT2D eigenvalue weighted by Crippen LogP contribution is -2.00. The van der Waals surface area contributed by atoms with Crippen molar-refractivity contribution in [2.75, 3.05) is 7.11 Å². The van der Waals surface area contributed by atoms with Gasteiger partial charge in [-0.05, 0) is 30.3 Å². The Morgan fingerprint density at radius 1 is 1.21 bits per heavy atom. The summed E-state index contributed by atoms with van der Waals surface area (Å²) in [5.74, 6) is 5.45. The van der Waals surface area contributed by atoms with E-state index in [1.54, 1.807) is 19.2 Å². The van der Waals surface area contributed by atoms with Crippen LogP contribution < -0.4 is 4.74 Å². The normalized spacial score (nSPS) is 9.32. The minimum absolute atomic E-state index is 0.149. The molecule has 0 saturated heterocycles. The molecule has 1 aromatic heterocycles. The Hall–Kier alpha value is -2.80. The maximum atomic E-state index is 11.0. The molecule has 0 spiro atoms. The van der Waals surface area contributed by atoms with Crippen molar-refractivity contribution in [1.29, 1.82) is 0 Å². The average Bonchev–Trinajstić information content (AvgIpc) is 2.46. The van der Waals surface area contributed by atoms with Gasteiger partial charge in [-0.1, -0.05) is 11.8 Å². The zero-order chi connectivity index (χ0) is 13.7. The number of pyridine rings is 1. The average molecular weight is 253 g/mol. The number of carbonyl (C=O) groups is 1. The Morgan fingerprint density at radius 2 is 1.95 bits per heavy atom. The maximum absolute atomic E-state index is 11.0. The largest absolute Gasteiger partial charge is 0.497 e. The lowest BCUT2D eigenvalue weighted by molar-refractivity contribution is 0.0696. The molecule has 2 rings (SSSR count). The second-order valence-electron chi connectivity index (χ2n) is 3.70. The molecular weight excluding hydrogens is 242 g/mol. The number of rotatable bonds is 2. The van der Waals surface area contributed by atoms with Crippen molar-refractivity contribution in [2.24, 2.45) is 0 Å². The van der Waals surface area contributed by atoms with E-state index in [1.807, 2.05) is 12.1 Å². The second-order valence-corrected chi connectivity index (χ2v) is 3.70. The van der Waals surface area contributed by atoms with Crippen LogP contribution in [-0.4, -0.2) is 23.2 Å². The lowest BCUT2D eigenvalue weighted by atomic mass is 10.1. The first-order valence-electron chi connectivity index (χ1n) is 5.54. The fraction of sp³-hybridized carbons (Fsp3) is 0.0667. The molecule has 0 bridgehead atoms. The molecule has 0 aliphatic rings. The number of methoxy groups -OCH3 is 1. The van der Waals surface area contributed by atoms with Gasteiger partial charge in [-0.25, -0.2) is 4.79 Å². The Bertz CT molecular complexity index is 651. The van der Waals surface area contributed by atoms with Crippen molar-refractivity contribution in [3.8, 4) is 17.6 Å². The molecule has 1 N–H and O–H groups in total. The highest BCUT2D eigenvalue weighted by Gasteiger charge is 2.06. The third kappa shape index (κ3) is 3.11. The van der Waals surface area contributed by atoms with Gasteiger partial charge in [-0.3, -0.25) is 4.98 Å². The molecule has 19 heavy (non-hydrogen) atoms. The van der Waals surface area contributed by atoms with E-state index in [-0.39, 0.29) is 5.56 Å². The summed E-state index contributed by atoms with van der Waals surface area (Å²) in [4.78, 5) is 14.9. The standard InChI is InChI=1S/C15H11NO3/c1-19-13-6-3-11(4-7-13)2-5-12-10-16-9-8-14(12)15(17)18/h3-4,6-10H,1H3,(H,17,18). The van der Waals surface area contributed by atoms with Crippen LogP contribution in [0.25, 0.3) is 0 Å². The molecule has 0 radical (unpaired) electrons. The summed E-state index contributed by atoms with van der Waals surface area (Å²) in [5, 5.41) is 9.02. The number of carboxylic acids is 1. The molecule has 0 atom stereocenters. The molecule has 0 aliphatic carbocycles. The first-order valence-corrected chi connectivity index (χ1v) is 5.54. The van der Waals surface area contributed by atoms with E-state index in [2.05, 4.69) is 16.8 Å².